The van der Waals surface area contributed by atoms with E-state index in [4.69, 9.17) is 11.6 Å². The van der Waals surface area contributed by atoms with Crippen LogP contribution in [0.15, 0.2) is 18.3 Å². The first-order chi connectivity index (χ1) is 9.13. The Morgan fingerprint density at radius 1 is 1.42 bits per heavy atom. The van der Waals surface area contributed by atoms with Gasteiger partial charge in [0.1, 0.15) is 11.3 Å². The van der Waals surface area contributed by atoms with Crippen LogP contribution in [-0.4, -0.2) is 46.0 Å². The fourth-order valence-corrected chi connectivity index (χ4v) is 2.44. The maximum atomic E-state index is 5.89. The maximum Gasteiger partial charge on any atom is 0.160 e. The van der Waals surface area contributed by atoms with E-state index in [2.05, 4.69) is 40.5 Å². The monoisotopic (exact) mass is 280 g/mol. The SMILES string of the molecule is CC(CCN(C)C)n1c(CCCl)nc2cccnc21. The molecule has 2 aromatic heterocycles. The maximum absolute atomic E-state index is 5.89. The van der Waals surface area contributed by atoms with Crippen molar-refractivity contribution >= 4 is 22.8 Å². The van der Waals surface area contributed by atoms with E-state index in [-0.39, 0.29) is 0 Å². The van der Waals surface area contributed by atoms with Gasteiger partial charge in [0.2, 0.25) is 0 Å². The number of hydrogen-bond acceptors (Lipinski definition) is 3. The normalized spacial score (nSPS) is 13.3. The van der Waals surface area contributed by atoms with Crippen LogP contribution in [0.1, 0.15) is 25.2 Å². The molecule has 0 aliphatic carbocycles. The molecule has 0 bridgehead atoms. The summed E-state index contributed by atoms with van der Waals surface area (Å²) in [5.41, 5.74) is 1.92. The molecule has 2 heterocycles. The van der Waals surface area contributed by atoms with Crippen LogP contribution in [-0.2, 0) is 6.42 Å². The quantitative estimate of drug-likeness (QED) is 0.763. The van der Waals surface area contributed by atoms with Gasteiger partial charge in [0.05, 0.1) is 0 Å². The summed E-state index contributed by atoms with van der Waals surface area (Å²) in [6.07, 6.45) is 3.68. The van der Waals surface area contributed by atoms with Crippen LogP contribution < -0.4 is 0 Å². The summed E-state index contributed by atoms with van der Waals surface area (Å²) in [6, 6.07) is 4.31. The lowest BCUT2D eigenvalue weighted by molar-refractivity contribution is 0.357. The van der Waals surface area contributed by atoms with Gasteiger partial charge in [-0.3, -0.25) is 0 Å². The van der Waals surface area contributed by atoms with Gasteiger partial charge >= 0.3 is 0 Å². The van der Waals surface area contributed by atoms with Crippen LogP contribution in [0.25, 0.3) is 11.2 Å². The van der Waals surface area contributed by atoms with E-state index < -0.39 is 0 Å². The number of aromatic nitrogens is 3. The number of nitrogens with zero attached hydrogens (tertiary/aromatic N) is 4. The van der Waals surface area contributed by atoms with Gasteiger partial charge < -0.3 is 9.47 Å². The lowest BCUT2D eigenvalue weighted by atomic mass is 10.2. The smallest absolute Gasteiger partial charge is 0.160 e. The third-order valence-corrected chi connectivity index (χ3v) is 3.46. The Kier molecular flexibility index (Phi) is 4.77. The molecule has 0 fully saturated rings. The second-order valence-electron chi connectivity index (χ2n) is 5.12. The van der Waals surface area contributed by atoms with Crippen molar-refractivity contribution in [2.45, 2.75) is 25.8 Å². The van der Waals surface area contributed by atoms with Gasteiger partial charge in [-0.15, -0.1) is 11.6 Å². The van der Waals surface area contributed by atoms with Gasteiger partial charge in [-0.05, 0) is 46.1 Å². The Morgan fingerprint density at radius 2 is 2.21 bits per heavy atom. The summed E-state index contributed by atoms with van der Waals surface area (Å²) < 4.78 is 2.24. The van der Waals surface area contributed by atoms with E-state index in [1.807, 2.05) is 18.3 Å². The van der Waals surface area contributed by atoms with Crippen LogP contribution in [0, 0.1) is 0 Å². The summed E-state index contributed by atoms with van der Waals surface area (Å²) in [5, 5.41) is 0. The van der Waals surface area contributed by atoms with Crippen molar-refractivity contribution in [2.24, 2.45) is 0 Å². The Balaban J connectivity index is 2.35. The lowest BCUT2D eigenvalue weighted by Gasteiger charge is -2.19. The number of rotatable bonds is 6. The van der Waals surface area contributed by atoms with Crippen LogP contribution in [0.2, 0.25) is 0 Å². The zero-order valence-electron chi connectivity index (χ0n) is 11.8. The zero-order chi connectivity index (χ0) is 13.8. The molecule has 104 valence electrons. The van der Waals surface area contributed by atoms with Crippen molar-refractivity contribution in [2.75, 3.05) is 26.5 Å². The molecule has 4 nitrogen and oxygen atoms in total. The molecule has 1 unspecified atom stereocenters. The van der Waals surface area contributed by atoms with Crippen LogP contribution in [0.3, 0.4) is 0 Å². The number of imidazole rings is 1. The Morgan fingerprint density at radius 3 is 2.89 bits per heavy atom. The predicted molar refractivity (Wildman–Crippen MR) is 79.8 cm³/mol. The highest BCUT2D eigenvalue weighted by Gasteiger charge is 2.16. The Bertz CT molecular complexity index is 535. The highest BCUT2D eigenvalue weighted by atomic mass is 35.5. The minimum Gasteiger partial charge on any atom is -0.310 e. The number of aryl methyl sites for hydroxylation is 1. The number of alkyl halides is 1. The van der Waals surface area contributed by atoms with Gasteiger partial charge in [-0.2, -0.15) is 0 Å². The summed E-state index contributed by atoms with van der Waals surface area (Å²) in [5.74, 6) is 1.62. The molecule has 0 radical (unpaired) electrons. The second-order valence-corrected chi connectivity index (χ2v) is 5.50. The number of halogens is 1. The summed E-state index contributed by atoms with van der Waals surface area (Å²) in [4.78, 5) is 11.3. The van der Waals surface area contributed by atoms with Crippen LogP contribution >= 0.6 is 11.6 Å². The van der Waals surface area contributed by atoms with E-state index in [0.29, 0.717) is 11.9 Å². The van der Waals surface area contributed by atoms with E-state index in [1.165, 1.54) is 0 Å². The number of fused-ring (bicyclic) bond motifs is 1. The molecule has 0 aliphatic rings. The first-order valence-corrected chi connectivity index (χ1v) is 7.19. The van der Waals surface area contributed by atoms with E-state index in [9.17, 15) is 0 Å². The van der Waals surface area contributed by atoms with Crippen LogP contribution in [0.4, 0.5) is 0 Å². The average molecular weight is 281 g/mol. The van der Waals surface area contributed by atoms with Crippen molar-refractivity contribution in [1.29, 1.82) is 0 Å². The van der Waals surface area contributed by atoms with Crippen molar-refractivity contribution in [3.8, 4) is 0 Å². The Hall–Kier alpha value is -1.13. The van der Waals surface area contributed by atoms with Gasteiger partial charge in [-0.25, -0.2) is 9.97 Å². The zero-order valence-corrected chi connectivity index (χ0v) is 12.6. The first kappa shape index (κ1) is 14.3. The number of pyridine rings is 1. The molecule has 0 aromatic carbocycles. The van der Waals surface area contributed by atoms with Crippen molar-refractivity contribution < 1.29 is 0 Å². The minimum absolute atomic E-state index is 0.375. The lowest BCUT2D eigenvalue weighted by Crippen LogP contribution is -2.19. The van der Waals surface area contributed by atoms with Gasteiger partial charge in [0.15, 0.2) is 5.65 Å². The molecule has 0 saturated heterocycles. The molecule has 0 aliphatic heterocycles. The molecular weight excluding hydrogens is 260 g/mol. The van der Waals surface area contributed by atoms with E-state index >= 15 is 0 Å². The third kappa shape index (κ3) is 3.25. The van der Waals surface area contributed by atoms with Gasteiger partial charge in [0.25, 0.3) is 0 Å². The summed E-state index contributed by atoms with van der Waals surface area (Å²) >= 11 is 5.89. The highest BCUT2D eigenvalue weighted by Crippen LogP contribution is 2.22. The molecule has 1 atom stereocenters. The number of hydrogen-bond donors (Lipinski definition) is 0. The second kappa shape index (κ2) is 6.35. The van der Waals surface area contributed by atoms with E-state index in [0.717, 1.165) is 36.4 Å². The van der Waals surface area contributed by atoms with Crippen molar-refractivity contribution in [3.05, 3.63) is 24.2 Å². The predicted octanol–water partition coefficient (Wildman–Crippen LogP) is 2.73. The highest BCUT2D eigenvalue weighted by molar-refractivity contribution is 6.17. The molecule has 0 saturated carbocycles. The van der Waals surface area contributed by atoms with Crippen LogP contribution in [0.5, 0.6) is 0 Å². The fourth-order valence-electron chi connectivity index (χ4n) is 2.27. The van der Waals surface area contributed by atoms with Crippen molar-refractivity contribution in [1.82, 2.24) is 19.4 Å². The van der Waals surface area contributed by atoms with Gasteiger partial charge in [0, 0.05) is 24.5 Å². The molecule has 5 heteroatoms. The summed E-state index contributed by atoms with van der Waals surface area (Å²) in [7, 11) is 4.19. The van der Waals surface area contributed by atoms with Gasteiger partial charge in [-0.1, -0.05) is 0 Å². The molecule has 2 rings (SSSR count). The summed E-state index contributed by atoms with van der Waals surface area (Å²) in [6.45, 7) is 3.27. The standard InChI is InChI=1S/C14H21ClN4/c1-11(7-10-18(2)3)19-13(6-8-15)17-12-5-4-9-16-14(12)19/h4-5,9,11H,6-8,10H2,1-3H3. The molecule has 0 spiro atoms. The molecule has 0 amide bonds. The Labute approximate surface area is 119 Å². The molecule has 2 aromatic rings. The fraction of sp³-hybridized carbons (Fsp3) is 0.571. The third-order valence-electron chi connectivity index (χ3n) is 3.27. The first-order valence-electron chi connectivity index (χ1n) is 6.66. The minimum atomic E-state index is 0.375. The molecule has 0 N–H and O–H groups in total. The average Bonchev–Trinajstić information content (AvgIpc) is 2.74. The molecular formula is C14H21ClN4. The topological polar surface area (TPSA) is 34.0 Å². The van der Waals surface area contributed by atoms with E-state index in [1.54, 1.807) is 0 Å². The van der Waals surface area contributed by atoms with Crippen molar-refractivity contribution in [3.63, 3.8) is 0 Å². The largest absolute Gasteiger partial charge is 0.310 e. The molecule has 19 heavy (non-hydrogen) atoms.